The predicted molar refractivity (Wildman–Crippen MR) is 73.0 cm³/mol. The molecule has 0 N–H and O–H groups in total. The van der Waals surface area contributed by atoms with Gasteiger partial charge in [-0.3, -0.25) is 0 Å². The van der Waals surface area contributed by atoms with Crippen LogP contribution in [0.2, 0.25) is 5.02 Å². The van der Waals surface area contributed by atoms with Crippen LogP contribution in [-0.2, 0) is 22.0 Å². The maximum atomic E-state index is 11.4. The molecule has 1 aromatic carbocycles. The third-order valence-corrected chi connectivity index (χ3v) is 3.97. The fraction of sp³-hybridized carbons (Fsp3) is 0.273. The minimum atomic E-state index is -3.89. The van der Waals surface area contributed by atoms with E-state index in [1.807, 2.05) is 12.1 Å². The molecule has 1 heterocycles. The molecule has 0 atom stereocenters. The number of aromatic nitrogens is 3. The van der Waals surface area contributed by atoms with Gasteiger partial charge in [0.25, 0.3) is 14.2 Å². The Morgan fingerprint density at radius 3 is 2.63 bits per heavy atom. The first-order chi connectivity index (χ1) is 8.91. The van der Waals surface area contributed by atoms with Crippen molar-refractivity contribution in [3.8, 4) is 0 Å². The predicted octanol–water partition coefficient (Wildman–Crippen LogP) is 2.47. The maximum absolute atomic E-state index is 11.4. The molecule has 102 valence electrons. The van der Waals surface area contributed by atoms with Crippen LogP contribution in [0.15, 0.2) is 29.4 Å². The van der Waals surface area contributed by atoms with Crippen LogP contribution in [0.1, 0.15) is 18.3 Å². The minimum Gasteiger partial charge on any atom is -0.301 e. The van der Waals surface area contributed by atoms with E-state index in [1.54, 1.807) is 19.1 Å². The summed E-state index contributed by atoms with van der Waals surface area (Å²) in [7, 11) is 1.42. The molecule has 0 aliphatic heterocycles. The lowest BCUT2D eigenvalue weighted by Gasteiger charge is -2.05. The van der Waals surface area contributed by atoms with Crippen molar-refractivity contribution in [2.75, 3.05) is 0 Å². The molecule has 0 saturated heterocycles. The molecular weight excluding hydrogens is 309 g/mol. The van der Waals surface area contributed by atoms with Gasteiger partial charge in [-0.1, -0.05) is 23.7 Å². The fourth-order valence-electron chi connectivity index (χ4n) is 1.78. The quantitative estimate of drug-likeness (QED) is 0.812. The first-order valence-electron chi connectivity index (χ1n) is 5.53. The molecule has 0 radical (unpaired) electrons. The van der Waals surface area contributed by atoms with Crippen LogP contribution in [0.4, 0.5) is 0 Å². The molecule has 0 amide bonds. The lowest BCUT2D eigenvalue weighted by molar-refractivity contribution is 0.576. The summed E-state index contributed by atoms with van der Waals surface area (Å²) in [6.45, 7) is 2.22. The van der Waals surface area contributed by atoms with Crippen molar-refractivity contribution in [3.05, 3.63) is 40.7 Å². The summed E-state index contributed by atoms with van der Waals surface area (Å²) in [5.41, 5.74) is 0.924. The van der Waals surface area contributed by atoms with Crippen molar-refractivity contribution in [2.45, 2.75) is 25.0 Å². The maximum Gasteiger partial charge on any atom is 0.296 e. The third-order valence-electron chi connectivity index (χ3n) is 2.58. The zero-order valence-corrected chi connectivity index (χ0v) is 12.4. The Hall–Kier alpha value is -1.11. The first-order valence-corrected chi connectivity index (χ1v) is 8.21. The van der Waals surface area contributed by atoms with Crippen LogP contribution < -0.4 is 0 Å². The molecule has 2 rings (SSSR count). The molecule has 0 fully saturated rings. The van der Waals surface area contributed by atoms with Gasteiger partial charge in [-0.15, -0.1) is 10.2 Å². The van der Waals surface area contributed by atoms with E-state index in [0.29, 0.717) is 23.8 Å². The third kappa shape index (κ3) is 3.26. The molecule has 0 aliphatic rings. The summed E-state index contributed by atoms with van der Waals surface area (Å²) >= 11 is 5.90. The van der Waals surface area contributed by atoms with Crippen LogP contribution in [0, 0.1) is 0 Å². The second-order valence-corrected chi connectivity index (χ2v) is 6.78. The summed E-state index contributed by atoms with van der Waals surface area (Å²) in [6.07, 6.45) is 0.438. The van der Waals surface area contributed by atoms with Gasteiger partial charge < -0.3 is 4.57 Å². The lowest BCUT2D eigenvalue weighted by atomic mass is 10.1. The summed E-state index contributed by atoms with van der Waals surface area (Å²) in [4.78, 5) is 0. The highest BCUT2D eigenvalue weighted by Gasteiger charge is 2.21. The Morgan fingerprint density at radius 2 is 2.05 bits per heavy atom. The Morgan fingerprint density at radius 1 is 1.32 bits per heavy atom. The number of rotatable bonds is 4. The molecular formula is C11H11Cl2N3O2S. The number of hydrogen-bond acceptors (Lipinski definition) is 4. The van der Waals surface area contributed by atoms with E-state index in [2.05, 4.69) is 10.2 Å². The Bertz CT molecular complexity index is 698. The second kappa shape index (κ2) is 5.48. The van der Waals surface area contributed by atoms with Gasteiger partial charge in [-0.2, -0.15) is 0 Å². The average molecular weight is 320 g/mol. The van der Waals surface area contributed by atoms with E-state index < -0.39 is 9.05 Å². The van der Waals surface area contributed by atoms with Crippen molar-refractivity contribution in [2.24, 2.45) is 0 Å². The normalized spacial score (nSPS) is 11.7. The van der Waals surface area contributed by atoms with E-state index in [4.69, 9.17) is 22.3 Å². The van der Waals surface area contributed by atoms with Gasteiger partial charge in [-0.25, -0.2) is 8.42 Å². The Labute approximate surface area is 120 Å². The Balaban J connectivity index is 2.39. The van der Waals surface area contributed by atoms with Crippen LogP contribution in [-0.4, -0.2) is 23.2 Å². The van der Waals surface area contributed by atoms with Gasteiger partial charge in [-0.05, 0) is 24.6 Å². The standard InChI is InChI=1S/C11H11Cl2N3O2S/c1-2-16-10(14-15-11(16)19(13,17)18)7-8-4-3-5-9(12)6-8/h3-6H,2,7H2,1H3. The van der Waals surface area contributed by atoms with Crippen molar-refractivity contribution in [3.63, 3.8) is 0 Å². The number of halogens is 2. The van der Waals surface area contributed by atoms with Crippen LogP contribution in [0.5, 0.6) is 0 Å². The molecule has 0 aliphatic carbocycles. The summed E-state index contributed by atoms with van der Waals surface area (Å²) < 4.78 is 24.2. The van der Waals surface area contributed by atoms with E-state index in [1.165, 1.54) is 4.57 Å². The summed E-state index contributed by atoms with van der Waals surface area (Å²) in [5, 5.41) is 7.91. The van der Waals surface area contributed by atoms with E-state index >= 15 is 0 Å². The zero-order valence-electron chi connectivity index (χ0n) is 10.0. The summed E-state index contributed by atoms with van der Waals surface area (Å²) in [6, 6.07) is 7.27. The summed E-state index contributed by atoms with van der Waals surface area (Å²) in [5.74, 6) is 0.531. The zero-order chi connectivity index (χ0) is 14.0. The minimum absolute atomic E-state index is 0.228. The number of nitrogens with zero attached hydrogens (tertiary/aromatic N) is 3. The van der Waals surface area contributed by atoms with Crippen LogP contribution in [0.3, 0.4) is 0 Å². The van der Waals surface area contributed by atoms with Gasteiger partial charge in [0.15, 0.2) is 0 Å². The molecule has 1 aromatic heterocycles. The molecule has 0 unspecified atom stereocenters. The van der Waals surface area contributed by atoms with Gasteiger partial charge in [0, 0.05) is 28.7 Å². The lowest BCUT2D eigenvalue weighted by Crippen LogP contribution is -2.08. The first kappa shape index (κ1) is 14.3. The largest absolute Gasteiger partial charge is 0.301 e. The molecule has 0 spiro atoms. The van der Waals surface area contributed by atoms with Crippen molar-refractivity contribution in [1.82, 2.24) is 14.8 Å². The molecule has 2 aromatic rings. The molecule has 19 heavy (non-hydrogen) atoms. The molecule has 5 nitrogen and oxygen atoms in total. The highest BCUT2D eigenvalue weighted by molar-refractivity contribution is 8.13. The molecule has 0 saturated carbocycles. The molecule has 8 heteroatoms. The highest BCUT2D eigenvalue weighted by atomic mass is 35.7. The number of benzene rings is 1. The number of hydrogen-bond donors (Lipinski definition) is 0. The molecule has 0 bridgehead atoms. The topological polar surface area (TPSA) is 64.8 Å². The fourth-order valence-corrected chi connectivity index (χ4v) is 2.97. The van der Waals surface area contributed by atoms with E-state index in [-0.39, 0.29) is 5.16 Å². The van der Waals surface area contributed by atoms with Crippen molar-refractivity contribution in [1.29, 1.82) is 0 Å². The van der Waals surface area contributed by atoms with Crippen LogP contribution in [0.25, 0.3) is 0 Å². The van der Waals surface area contributed by atoms with Crippen molar-refractivity contribution >= 4 is 31.3 Å². The smallest absolute Gasteiger partial charge is 0.296 e. The van der Waals surface area contributed by atoms with Gasteiger partial charge in [0.2, 0.25) is 0 Å². The van der Waals surface area contributed by atoms with Crippen LogP contribution >= 0.6 is 22.3 Å². The van der Waals surface area contributed by atoms with Gasteiger partial charge in [0.1, 0.15) is 5.82 Å². The van der Waals surface area contributed by atoms with Gasteiger partial charge >= 0.3 is 0 Å². The van der Waals surface area contributed by atoms with E-state index in [9.17, 15) is 8.42 Å². The highest BCUT2D eigenvalue weighted by Crippen LogP contribution is 2.18. The van der Waals surface area contributed by atoms with Gasteiger partial charge in [0.05, 0.1) is 0 Å². The average Bonchev–Trinajstić information content (AvgIpc) is 2.71. The van der Waals surface area contributed by atoms with E-state index in [0.717, 1.165) is 5.56 Å². The Kier molecular flexibility index (Phi) is 4.13. The monoisotopic (exact) mass is 319 g/mol. The second-order valence-electron chi connectivity index (χ2n) is 3.89. The SMILES string of the molecule is CCn1c(Cc2cccc(Cl)c2)nnc1S(=O)(=O)Cl. The van der Waals surface area contributed by atoms with Crippen molar-refractivity contribution < 1.29 is 8.42 Å².